The first-order chi connectivity index (χ1) is 14.5. The number of esters is 1. The smallest absolute Gasteiger partial charge is 0.338 e. The van der Waals surface area contributed by atoms with E-state index in [4.69, 9.17) is 14.5 Å². The van der Waals surface area contributed by atoms with Crippen molar-refractivity contribution in [2.45, 2.75) is 19.4 Å². The molecule has 6 nitrogen and oxygen atoms in total. The maximum absolute atomic E-state index is 12.1. The van der Waals surface area contributed by atoms with Gasteiger partial charge in [-0.25, -0.2) is 9.78 Å². The number of ether oxygens (including phenoxy) is 2. The summed E-state index contributed by atoms with van der Waals surface area (Å²) in [5, 5.41) is 1.18. The molecule has 5 rings (SSSR count). The standard InChI is InChI=1S/C23H22BrN3O3/c1-26-21-17(8-15(23(28)30-3)10-20(21)29-2)25-22(26)19-9-14-6-7-16(24)11-18(14)27(19)12-13-4-5-13/h6-11,13H,4-5,12H2,1-3H3. The van der Waals surface area contributed by atoms with Gasteiger partial charge in [0.15, 0.2) is 5.82 Å². The molecule has 0 N–H and O–H groups in total. The normalized spacial score (nSPS) is 13.9. The Morgan fingerprint density at radius 1 is 1.20 bits per heavy atom. The van der Waals surface area contributed by atoms with Crippen LogP contribution < -0.4 is 4.74 Å². The molecule has 0 radical (unpaired) electrons. The first kappa shape index (κ1) is 19.2. The number of fused-ring (bicyclic) bond motifs is 2. The van der Waals surface area contributed by atoms with Crippen molar-refractivity contribution < 1.29 is 14.3 Å². The minimum atomic E-state index is -0.407. The average Bonchev–Trinajstić information content (AvgIpc) is 3.42. The number of halogens is 1. The molecule has 0 unspecified atom stereocenters. The van der Waals surface area contributed by atoms with E-state index in [1.807, 2.05) is 11.6 Å². The van der Waals surface area contributed by atoms with Crippen molar-refractivity contribution in [1.82, 2.24) is 14.1 Å². The first-order valence-electron chi connectivity index (χ1n) is 9.92. The van der Waals surface area contributed by atoms with Crippen LogP contribution in [-0.2, 0) is 18.3 Å². The summed E-state index contributed by atoms with van der Waals surface area (Å²) in [6.07, 6.45) is 2.54. The van der Waals surface area contributed by atoms with Crippen LogP contribution in [-0.4, -0.2) is 34.3 Å². The van der Waals surface area contributed by atoms with Crippen LogP contribution in [0.4, 0.5) is 0 Å². The molecule has 0 bridgehead atoms. The molecule has 0 amide bonds. The summed E-state index contributed by atoms with van der Waals surface area (Å²) in [5.41, 5.74) is 4.24. The van der Waals surface area contributed by atoms with E-state index in [2.05, 4.69) is 44.8 Å². The summed E-state index contributed by atoms with van der Waals surface area (Å²) in [6.45, 7) is 0.975. The molecule has 1 aliphatic carbocycles. The van der Waals surface area contributed by atoms with Crippen LogP contribution in [0.3, 0.4) is 0 Å². The van der Waals surface area contributed by atoms with Crippen LogP contribution in [0.25, 0.3) is 33.5 Å². The Morgan fingerprint density at radius 3 is 2.70 bits per heavy atom. The molecule has 30 heavy (non-hydrogen) atoms. The Morgan fingerprint density at radius 2 is 2.00 bits per heavy atom. The van der Waals surface area contributed by atoms with Crippen molar-refractivity contribution >= 4 is 43.8 Å². The predicted molar refractivity (Wildman–Crippen MR) is 120 cm³/mol. The van der Waals surface area contributed by atoms with Gasteiger partial charge in [-0.2, -0.15) is 0 Å². The summed E-state index contributed by atoms with van der Waals surface area (Å²) < 4.78 is 16.0. The van der Waals surface area contributed by atoms with Crippen LogP contribution in [0.15, 0.2) is 40.9 Å². The number of hydrogen-bond donors (Lipinski definition) is 0. The van der Waals surface area contributed by atoms with Gasteiger partial charge in [-0.05, 0) is 49.1 Å². The zero-order valence-corrected chi connectivity index (χ0v) is 18.7. The zero-order valence-electron chi connectivity index (χ0n) is 17.1. The maximum Gasteiger partial charge on any atom is 0.338 e. The fourth-order valence-electron chi connectivity index (χ4n) is 4.10. The number of benzene rings is 2. The SMILES string of the molecule is COC(=O)c1cc(OC)c2c(c1)nc(-c1cc3ccc(Br)cc3n1CC1CC1)n2C. The Hall–Kier alpha value is -2.80. The minimum Gasteiger partial charge on any atom is -0.494 e. The Kier molecular flexibility index (Phi) is 4.58. The Bertz CT molecular complexity index is 1300. The molecular weight excluding hydrogens is 446 g/mol. The van der Waals surface area contributed by atoms with Gasteiger partial charge >= 0.3 is 5.97 Å². The van der Waals surface area contributed by atoms with Gasteiger partial charge < -0.3 is 18.6 Å². The van der Waals surface area contributed by atoms with Gasteiger partial charge in [-0.3, -0.25) is 0 Å². The highest BCUT2D eigenvalue weighted by molar-refractivity contribution is 9.10. The summed E-state index contributed by atoms with van der Waals surface area (Å²) in [7, 11) is 4.96. The van der Waals surface area contributed by atoms with Gasteiger partial charge in [0.25, 0.3) is 0 Å². The Labute approximate surface area is 182 Å². The van der Waals surface area contributed by atoms with Crippen molar-refractivity contribution in [2.75, 3.05) is 14.2 Å². The van der Waals surface area contributed by atoms with E-state index in [1.54, 1.807) is 19.2 Å². The van der Waals surface area contributed by atoms with Crippen molar-refractivity contribution in [3.63, 3.8) is 0 Å². The molecular formula is C23H22BrN3O3. The zero-order chi connectivity index (χ0) is 21.0. The lowest BCUT2D eigenvalue weighted by molar-refractivity contribution is 0.0600. The van der Waals surface area contributed by atoms with Crippen LogP contribution >= 0.6 is 15.9 Å². The fourth-order valence-corrected chi connectivity index (χ4v) is 4.45. The second kappa shape index (κ2) is 7.16. The Balaban J connectivity index is 1.76. The number of nitrogens with zero attached hydrogens (tertiary/aromatic N) is 3. The second-order valence-corrected chi connectivity index (χ2v) is 8.73. The summed E-state index contributed by atoms with van der Waals surface area (Å²) >= 11 is 3.61. The van der Waals surface area contributed by atoms with Crippen LogP contribution in [0.5, 0.6) is 5.75 Å². The molecule has 0 aliphatic heterocycles. The maximum atomic E-state index is 12.1. The van der Waals surface area contributed by atoms with Crippen molar-refractivity contribution in [3.05, 3.63) is 46.4 Å². The lowest BCUT2D eigenvalue weighted by Gasteiger charge is -2.11. The van der Waals surface area contributed by atoms with Gasteiger partial charge in [-0.15, -0.1) is 0 Å². The van der Waals surface area contributed by atoms with E-state index >= 15 is 0 Å². The molecule has 2 heterocycles. The molecule has 154 valence electrons. The number of imidazole rings is 1. The van der Waals surface area contributed by atoms with Crippen LogP contribution in [0, 0.1) is 5.92 Å². The number of hydrogen-bond acceptors (Lipinski definition) is 4. The third-order valence-corrected chi connectivity index (χ3v) is 6.30. The van der Waals surface area contributed by atoms with Gasteiger partial charge in [-0.1, -0.05) is 22.0 Å². The van der Waals surface area contributed by atoms with E-state index < -0.39 is 5.97 Å². The summed E-state index contributed by atoms with van der Waals surface area (Å²) in [6, 6.07) is 12.0. The molecule has 7 heteroatoms. The molecule has 1 fully saturated rings. The van der Waals surface area contributed by atoms with Crippen molar-refractivity contribution in [3.8, 4) is 17.3 Å². The highest BCUT2D eigenvalue weighted by atomic mass is 79.9. The summed E-state index contributed by atoms with van der Waals surface area (Å²) in [4.78, 5) is 17.0. The molecule has 4 aromatic rings. The first-order valence-corrected chi connectivity index (χ1v) is 10.7. The second-order valence-electron chi connectivity index (χ2n) is 7.82. The number of rotatable bonds is 5. The summed E-state index contributed by atoms with van der Waals surface area (Å²) in [5.74, 6) is 1.75. The highest BCUT2D eigenvalue weighted by Gasteiger charge is 2.26. The van der Waals surface area contributed by atoms with E-state index in [1.165, 1.54) is 30.9 Å². The molecule has 2 aromatic heterocycles. The number of carbonyl (C=O) groups is 1. The molecule has 1 aliphatic rings. The largest absolute Gasteiger partial charge is 0.494 e. The van der Waals surface area contributed by atoms with E-state index in [9.17, 15) is 4.79 Å². The van der Waals surface area contributed by atoms with Crippen molar-refractivity contribution in [1.29, 1.82) is 0 Å². The quantitative estimate of drug-likeness (QED) is 0.380. The number of aromatic nitrogens is 3. The molecule has 0 saturated heterocycles. The lowest BCUT2D eigenvalue weighted by Crippen LogP contribution is -2.05. The molecule has 0 spiro atoms. The molecule has 1 saturated carbocycles. The van der Waals surface area contributed by atoms with E-state index in [0.717, 1.165) is 28.1 Å². The topological polar surface area (TPSA) is 58.3 Å². The van der Waals surface area contributed by atoms with Gasteiger partial charge in [0.05, 0.1) is 31.0 Å². The number of methoxy groups -OCH3 is 2. The predicted octanol–water partition coefficient (Wildman–Crippen LogP) is 5.16. The van der Waals surface area contributed by atoms with Gasteiger partial charge in [0, 0.05) is 29.0 Å². The van der Waals surface area contributed by atoms with Gasteiger partial charge in [0.1, 0.15) is 11.3 Å². The fraction of sp³-hybridized carbons (Fsp3) is 0.304. The van der Waals surface area contributed by atoms with Crippen molar-refractivity contribution in [2.24, 2.45) is 13.0 Å². The molecule has 2 aromatic carbocycles. The van der Waals surface area contributed by atoms with Gasteiger partial charge in [0.2, 0.25) is 0 Å². The van der Waals surface area contributed by atoms with E-state index in [-0.39, 0.29) is 0 Å². The van der Waals surface area contributed by atoms with Crippen LogP contribution in [0.2, 0.25) is 0 Å². The minimum absolute atomic E-state index is 0.407. The number of carbonyl (C=O) groups excluding carboxylic acids is 1. The third kappa shape index (κ3) is 3.08. The van der Waals surface area contributed by atoms with E-state index in [0.29, 0.717) is 22.7 Å². The lowest BCUT2D eigenvalue weighted by atomic mass is 10.2. The number of aryl methyl sites for hydroxylation is 1. The molecule has 0 atom stereocenters. The monoisotopic (exact) mass is 467 g/mol. The third-order valence-electron chi connectivity index (χ3n) is 5.81. The highest BCUT2D eigenvalue weighted by Crippen LogP contribution is 2.38. The average molecular weight is 468 g/mol. The van der Waals surface area contributed by atoms with Crippen LogP contribution in [0.1, 0.15) is 23.2 Å².